The van der Waals surface area contributed by atoms with Crippen LogP contribution in [0.5, 0.6) is 5.75 Å². The minimum Gasteiger partial charge on any atom is -0.483 e. The Labute approximate surface area is 174 Å². The van der Waals surface area contributed by atoms with E-state index in [1.165, 1.54) is 0 Å². The number of benzene rings is 2. The minimum absolute atomic E-state index is 0.110. The molecule has 0 fully saturated rings. The number of rotatable bonds is 9. The van der Waals surface area contributed by atoms with Crippen molar-refractivity contribution in [2.75, 3.05) is 13.2 Å². The summed E-state index contributed by atoms with van der Waals surface area (Å²) in [7, 11) is 0. The molecule has 0 aliphatic carbocycles. The Morgan fingerprint density at radius 1 is 1.03 bits per heavy atom. The molecule has 0 saturated heterocycles. The quantitative estimate of drug-likeness (QED) is 0.699. The third kappa shape index (κ3) is 6.63. The summed E-state index contributed by atoms with van der Waals surface area (Å²) in [6.07, 6.45) is 0.847. The maximum atomic E-state index is 13.0. The molecular formula is C24H32N2O3. The van der Waals surface area contributed by atoms with Crippen LogP contribution in [0.4, 0.5) is 0 Å². The summed E-state index contributed by atoms with van der Waals surface area (Å²) >= 11 is 0. The fourth-order valence-corrected chi connectivity index (χ4v) is 3.05. The zero-order valence-corrected chi connectivity index (χ0v) is 18.1. The van der Waals surface area contributed by atoms with E-state index in [2.05, 4.69) is 5.32 Å². The van der Waals surface area contributed by atoms with Gasteiger partial charge in [-0.2, -0.15) is 0 Å². The van der Waals surface area contributed by atoms with Crippen LogP contribution in [0.25, 0.3) is 0 Å². The third-order valence-corrected chi connectivity index (χ3v) is 4.87. The molecule has 29 heavy (non-hydrogen) atoms. The average Bonchev–Trinajstić information content (AvgIpc) is 2.70. The number of hydrogen-bond donors (Lipinski definition) is 1. The molecule has 0 radical (unpaired) electrons. The van der Waals surface area contributed by atoms with Crippen LogP contribution >= 0.6 is 0 Å². The van der Waals surface area contributed by atoms with Crippen molar-refractivity contribution >= 4 is 11.8 Å². The first-order valence-electron chi connectivity index (χ1n) is 10.1. The second-order valence-corrected chi connectivity index (χ2v) is 7.53. The maximum Gasteiger partial charge on any atom is 0.261 e. The predicted octanol–water partition coefficient (Wildman–Crippen LogP) is 3.93. The summed E-state index contributed by atoms with van der Waals surface area (Å²) in [5.41, 5.74) is 4.25. The van der Waals surface area contributed by atoms with Crippen molar-refractivity contribution in [2.45, 2.75) is 53.6 Å². The van der Waals surface area contributed by atoms with E-state index >= 15 is 0 Å². The lowest BCUT2D eigenvalue weighted by Crippen LogP contribution is -2.49. The Balaban J connectivity index is 2.14. The highest BCUT2D eigenvalue weighted by Gasteiger charge is 2.26. The van der Waals surface area contributed by atoms with Gasteiger partial charge in [0.1, 0.15) is 11.8 Å². The summed E-state index contributed by atoms with van der Waals surface area (Å²) < 4.78 is 5.78. The Morgan fingerprint density at radius 2 is 1.69 bits per heavy atom. The number of amides is 2. The van der Waals surface area contributed by atoms with Gasteiger partial charge < -0.3 is 15.0 Å². The highest BCUT2D eigenvalue weighted by atomic mass is 16.5. The SMILES string of the molecule is CCCNC(=O)[C@H](C)N(Cc1ccc(C)cc1)C(=O)COc1ccc(C)cc1C. The maximum absolute atomic E-state index is 13.0. The van der Waals surface area contributed by atoms with Crippen LogP contribution in [0.2, 0.25) is 0 Å². The van der Waals surface area contributed by atoms with Gasteiger partial charge in [-0.25, -0.2) is 0 Å². The number of ether oxygens (including phenoxy) is 1. The normalized spacial score (nSPS) is 11.6. The molecule has 2 aromatic carbocycles. The van der Waals surface area contributed by atoms with E-state index < -0.39 is 6.04 Å². The van der Waals surface area contributed by atoms with Gasteiger partial charge in [-0.05, 0) is 51.3 Å². The molecule has 0 heterocycles. The smallest absolute Gasteiger partial charge is 0.261 e. The van der Waals surface area contributed by atoms with Crippen LogP contribution in [0.1, 0.15) is 42.5 Å². The fourth-order valence-electron chi connectivity index (χ4n) is 3.05. The van der Waals surface area contributed by atoms with Crippen molar-refractivity contribution in [2.24, 2.45) is 0 Å². The molecule has 0 aliphatic rings. The Bertz CT molecular complexity index is 831. The zero-order valence-electron chi connectivity index (χ0n) is 18.1. The lowest BCUT2D eigenvalue weighted by molar-refractivity contribution is -0.142. The van der Waals surface area contributed by atoms with Crippen molar-refractivity contribution in [1.29, 1.82) is 0 Å². The molecule has 0 bridgehead atoms. The first kappa shape index (κ1) is 22.5. The largest absolute Gasteiger partial charge is 0.483 e. The highest BCUT2D eigenvalue weighted by molar-refractivity contribution is 5.87. The van der Waals surface area contributed by atoms with E-state index in [9.17, 15) is 9.59 Å². The van der Waals surface area contributed by atoms with Crippen LogP contribution in [-0.2, 0) is 16.1 Å². The molecule has 0 unspecified atom stereocenters. The van der Waals surface area contributed by atoms with Crippen molar-refractivity contribution in [3.63, 3.8) is 0 Å². The van der Waals surface area contributed by atoms with Crippen molar-refractivity contribution in [1.82, 2.24) is 10.2 Å². The zero-order chi connectivity index (χ0) is 21.4. The van der Waals surface area contributed by atoms with E-state index in [0.717, 1.165) is 28.7 Å². The molecule has 0 aliphatic heterocycles. The number of aryl methyl sites for hydroxylation is 3. The molecule has 2 rings (SSSR count). The minimum atomic E-state index is -0.585. The molecule has 0 spiro atoms. The summed E-state index contributed by atoms with van der Waals surface area (Å²) in [6, 6.07) is 13.2. The van der Waals surface area contributed by atoms with E-state index in [4.69, 9.17) is 4.74 Å². The Hall–Kier alpha value is -2.82. The number of carbonyl (C=O) groups excluding carboxylic acids is 2. The van der Waals surface area contributed by atoms with Gasteiger partial charge in [0.25, 0.3) is 5.91 Å². The van der Waals surface area contributed by atoms with Gasteiger partial charge in [0.05, 0.1) is 0 Å². The summed E-state index contributed by atoms with van der Waals surface area (Å²) in [4.78, 5) is 27.1. The lowest BCUT2D eigenvalue weighted by atomic mass is 10.1. The summed E-state index contributed by atoms with van der Waals surface area (Å²) in [5.74, 6) is 0.311. The first-order valence-corrected chi connectivity index (χ1v) is 10.1. The Morgan fingerprint density at radius 3 is 2.31 bits per heavy atom. The molecule has 2 aromatic rings. The van der Waals surface area contributed by atoms with Gasteiger partial charge in [0, 0.05) is 13.1 Å². The molecule has 156 valence electrons. The molecule has 0 saturated carbocycles. The van der Waals surface area contributed by atoms with Crippen molar-refractivity contribution in [3.05, 3.63) is 64.7 Å². The molecule has 5 heteroatoms. The van der Waals surface area contributed by atoms with Gasteiger partial charge in [-0.1, -0.05) is 54.4 Å². The second kappa shape index (κ2) is 10.6. The highest BCUT2D eigenvalue weighted by Crippen LogP contribution is 2.19. The molecule has 1 atom stereocenters. The number of hydrogen-bond acceptors (Lipinski definition) is 3. The molecule has 0 aromatic heterocycles. The van der Waals surface area contributed by atoms with Crippen molar-refractivity contribution < 1.29 is 14.3 Å². The molecular weight excluding hydrogens is 364 g/mol. The van der Waals surface area contributed by atoms with E-state index in [0.29, 0.717) is 18.8 Å². The topological polar surface area (TPSA) is 58.6 Å². The van der Waals surface area contributed by atoms with Gasteiger partial charge in [-0.15, -0.1) is 0 Å². The van der Waals surface area contributed by atoms with Crippen LogP contribution in [0.15, 0.2) is 42.5 Å². The van der Waals surface area contributed by atoms with E-state index in [1.807, 2.05) is 70.2 Å². The fraction of sp³-hybridized carbons (Fsp3) is 0.417. The second-order valence-electron chi connectivity index (χ2n) is 7.53. The van der Waals surface area contributed by atoms with E-state index in [-0.39, 0.29) is 18.4 Å². The van der Waals surface area contributed by atoms with Crippen LogP contribution in [-0.4, -0.2) is 35.9 Å². The first-order chi connectivity index (χ1) is 13.8. The van der Waals surface area contributed by atoms with Gasteiger partial charge in [0.15, 0.2) is 6.61 Å². The summed E-state index contributed by atoms with van der Waals surface area (Å²) in [6.45, 7) is 10.6. The summed E-state index contributed by atoms with van der Waals surface area (Å²) in [5, 5.41) is 2.88. The number of carbonyl (C=O) groups is 2. The number of nitrogens with one attached hydrogen (secondary N) is 1. The Kier molecular flexibility index (Phi) is 8.25. The predicted molar refractivity (Wildman–Crippen MR) is 116 cm³/mol. The molecule has 5 nitrogen and oxygen atoms in total. The van der Waals surface area contributed by atoms with Crippen LogP contribution < -0.4 is 10.1 Å². The van der Waals surface area contributed by atoms with Gasteiger partial charge in [-0.3, -0.25) is 9.59 Å². The van der Waals surface area contributed by atoms with Gasteiger partial charge >= 0.3 is 0 Å². The number of nitrogens with zero attached hydrogens (tertiary/aromatic N) is 1. The van der Waals surface area contributed by atoms with E-state index in [1.54, 1.807) is 11.8 Å². The lowest BCUT2D eigenvalue weighted by Gasteiger charge is -2.29. The average molecular weight is 397 g/mol. The van der Waals surface area contributed by atoms with Crippen LogP contribution in [0, 0.1) is 20.8 Å². The molecule has 1 N–H and O–H groups in total. The van der Waals surface area contributed by atoms with Crippen molar-refractivity contribution in [3.8, 4) is 5.75 Å². The monoisotopic (exact) mass is 396 g/mol. The standard InChI is InChI=1S/C24H32N2O3/c1-6-13-25-24(28)20(5)26(15-21-10-7-17(2)8-11-21)23(27)16-29-22-12-9-18(3)14-19(22)4/h7-12,14,20H,6,13,15-16H2,1-5H3,(H,25,28)/t20-/m0/s1. The third-order valence-electron chi connectivity index (χ3n) is 4.87. The molecule has 2 amide bonds. The van der Waals surface area contributed by atoms with Crippen LogP contribution in [0.3, 0.4) is 0 Å². The van der Waals surface area contributed by atoms with Gasteiger partial charge in [0.2, 0.25) is 5.91 Å².